The van der Waals surface area contributed by atoms with Crippen molar-refractivity contribution in [3.63, 3.8) is 0 Å². The molecule has 1 heterocycles. The Morgan fingerprint density at radius 3 is 2.09 bits per heavy atom. The number of nitrogens with one attached hydrogen (secondary N) is 1. The van der Waals surface area contributed by atoms with E-state index in [-0.39, 0.29) is 30.3 Å². The van der Waals surface area contributed by atoms with Gasteiger partial charge in [-0.15, -0.1) is 0 Å². The molecular weight excluding hydrogens is 430 g/mol. The predicted molar refractivity (Wildman–Crippen MR) is 122 cm³/mol. The number of benzene rings is 2. The Morgan fingerprint density at radius 2 is 1.53 bits per heavy atom. The second kappa shape index (κ2) is 9.70. The maximum absolute atomic E-state index is 12.7. The highest BCUT2D eigenvalue weighted by molar-refractivity contribution is 7.89. The highest BCUT2D eigenvalue weighted by atomic mass is 32.2. The molecule has 1 aliphatic heterocycles. The zero-order chi connectivity index (χ0) is 23.4. The Hall–Kier alpha value is -2.91. The van der Waals surface area contributed by atoms with E-state index in [0.29, 0.717) is 18.8 Å². The van der Waals surface area contributed by atoms with Crippen LogP contribution in [0.3, 0.4) is 0 Å². The van der Waals surface area contributed by atoms with E-state index in [0.717, 1.165) is 5.56 Å². The molecule has 0 aromatic heterocycles. The quantitative estimate of drug-likeness (QED) is 0.741. The van der Waals surface area contributed by atoms with E-state index in [1.54, 1.807) is 80.3 Å². The van der Waals surface area contributed by atoms with Crippen LogP contribution in [-0.4, -0.2) is 61.4 Å². The smallest absolute Gasteiger partial charge is 0.412 e. The van der Waals surface area contributed by atoms with Crippen LogP contribution in [0.2, 0.25) is 0 Å². The highest BCUT2D eigenvalue weighted by Crippen LogP contribution is 2.18. The molecule has 2 aromatic carbocycles. The van der Waals surface area contributed by atoms with Crippen LogP contribution in [-0.2, 0) is 26.0 Å². The van der Waals surface area contributed by atoms with Gasteiger partial charge in [0.15, 0.2) is 0 Å². The van der Waals surface area contributed by atoms with Crippen LogP contribution < -0.4 is 5.32 Å². The summed E-state index contributed by atoms with van der Waals surface area (Å²) in [6.07, 6.45) is -0.331. The summed E-state index contributed by atoms with van der Waals surface area (Å²) < 4.78 is 32.1. The second-order valence-electron chi connectivity index (χ2n) is 8.60. The van der Waals surface area contributed by atoms with Crippen molar-refractivity contribution in [1.29, 1.82) is 0 Å². The molecule has 1 saturated heterocycles. The number of piperazine rings is 1. The summed E-state index contributed by atoms with van der Waals surface area (Å²) in [6.45, 7) is 6.60. The summed E-state index contributed by atoms with van der Waals surface area (Å²) in [7, 11) is -3.55. The molecule has 8 nitrogen and oxygen atoms in total. The number of hydrogen-bond donors (Lipinski definition) is 1. The van der Waals surface area contributed by atoms with Crippen LogP contribution in [0.4, 0.5) is 10.5 Å². The van der Waals surface area contributed by atoms with Gasteiger partial charge in [0.05, 0.1) is 11.3 Å². The second-order valence-corrected chi connectivity index (χ2v) is 10.5. The molecule has 0 spiro atoms. The number of amides is 2. The van der Waals surface area contributed by atoms with Crippen LogP contribution in [0.25, 0.3) is 0 Å². The molecule has 0 atom stereocenters. The fourth-order valence-electron chi connectivity index (χ4n) is 3.33. The van der Waals surface area contributed by atoms with Gasteiger partial charge in [-0.3, -0.25) is 10.1 Å². The Labute approximate surface area is 189 Å². The van der Waals surface area contributed by atoms with Crippen molar-refractivity contribution in [2.75, 3.05) is 31.5 Å². The maximum Gasteiger partial charge on any atom is 0.412 e. The lowest BCUT2D eigenvalue weighted by atomic mass is 10.1. The van der Waals surface area contributed by atoms with Gasteiger partial charge in [-0.2, -0.15) is 4.31 Å². The zero-order valence-corrected chi connectivity index (χ0v) is 19.4. The number of carbonyl (C=O) groups is 2. The minimum atomic E-state index is -3.55. The third kappa shape index (κ3) is 6.30. The van der Waals surface area contributed by atoms with Gasteiger partial charge in [0.2, 0.25) is 15.9 Å². The van der Waals surface area contributed by atoms with Gasteiger partial charge in [-0.1, -0.05) is 30.3 Å². The number of sulfonamides is 1. The molecule has 2 aromatic rings. The van der Waals surface area contributed by atoms with Gasteiger partial charge < -0.3 is 9.64 Å². The summed E-state index contributed by atoms with van der Waals surface area (Å²) in [6, 6.07) is 15.3. The molecular formula is C23H29N3O5S. The van der Waals surface area contributed by atoms with Crippen molar-refractivity contribution in [3.8, 4) is 0 Å². The lowest BCUT2D eigenvalue weighted by Crippen LogP contribution is -2.50. The fourth-order valence-corrected chi connectivity index (χ4v) is 4.78. The Balaban J connectivity index is 1.51. The Bertz CT molecular complexity index is 1040. The minimum Gasteiger partial charge on any atom is -0.444 e. The van der Waals surface area contributed by atoms with E-state index in [1.807, 2.05) is 0 Å². The number of carbonyl (C=O) groups excluding carboxylic acids is 2. The summed E-state index contributed by atoms with van der Waals surface area (Å²) in [5, 5.41) is 2.66. The van der Waals surface area contributed by atoms with E-state index < -0.39 is 21.7 Å². The highest BCUT2D eigenvalue weighted by Gasteiger charge is 2.29. The number of hydrogen-bond acceptors (Lipinski definition) is 5. The number of ether oxygens (including phenoxy) is 1. The van der Waals surface area contributed by atoms with Crippen molar-refractivity contribution in [2.24, 2.45) is 0 Å². The van der Waals surface area contributed by atoms with Crippen LogP contribution in [0.15, 0.2) is 59.5 Å². The molecule has 172 valence electrons. The monoisotopic (exact) mass is 459 g/mol. The van der Waals surface area contributed by atoms with Crippen molar-refractivity contribution >= 4 is 27.7 Å². The lowest BCUT2D eigenvalue weighted by Gasteiger charge is -2.34. The number of rotatable bonds is 5. The molecule has 0 aliphatic carbocycles. The third-order valence-corrected chi connectivity index (χ3v) is 6.84. The topological polar surface area (TPSA) is 96.0 Å². The van der Waals surface area contributed by atoms with Crippen molar-refractivity contribution in [3.05, 3.63) is 60.2 Å². The molecule has 0 bridgehead atoms. The summed E-state index contributed by atoms with van der Waals surface area (Å²) in [5.41, 5.74) is 0.806. The van der Waals surface area contributed by atoms with Crippen LogP contribution in [0.5, 0.6) is 0 Å². The van der Waals surface area contributed by atoms with Gasteiger partial charge >= 0.3 is 6.09 Å². The van der Waals surface area contributed by atoms with Gasteiger partial charge in [-0.05, 0) is 50.6 Å². The Morgan fingerprint density at radius 1 is 0.938 bits per heavy atom. The molecule has 0 radical (unpaired) electrons. The van der Waals surface area contributed by atoms with Crippen LogP contribution in [0.1, 0.15) is 26.3 Å². The van der Waals surface area contributed by atoms with E-state index >= 15 is 0 Å². The van der Waals surface area contributed by atoms with E-state index in [1.165, 1.54) is 4.31 Å². The number of anilines is 1. The third-order valence-electron chi connectivity index (χ3n) is 4.93. The molecule has 0 unspecified atom stereocenters. The van der Waals surface area contributed by atoms with E-state index in [2.05, 4.69) is 5.32 Å². The molecule has 3 rings (SSSR count). The predicted octanol–water partition coefficient (Wildman–Crippen LogP) is 3.11. The average molecular weight is 460 g/mol. The van der Waals surface area contributed by atoms with Gasteiger partial charge in [0.1, 0.15) is 5.60 Å². The first-order valence-corrected chi connectivity index (χ1v) is 11.9. The number of nitrogens with zero attached hydrogens (tertiary/aromatic N) is 2. The lowest BCUT2D eigenvalue weighted by molar-refractivity contribution is -0.131. The molecule has 0 saturated carbocycles. The molecule has 1 N–H and O–H groups in total. The first-order valence-electron chi connectivity index (χ1n) is 10.5. The SMILES string of the molecule is CC(C)(C)OC(=O)Nc1ccc(CC(=O)N2CCN(S(=O)(=O)c3ccccc3)CC2)cc1. The summed E-state index contributed by atoms with van der Waals surface area (Å²) in [5.74, 6) is -0.0605. The molecule has 1 fully saturated rings. The maximum atomic E-state index is 12.7. The van der Waals surface area contributed by atoms with Crippen LogP contribution >= 0.6 is 0 Å². The van der Waals surface area contributed by atoms with E-state index in [4.69, 9.17) is 4.74 Å². The largest absolute Gasteiger partial charge is 0.444 e. The van der Waals surface area contributed by atoms with Crippen molar-refractivity contribution < 1.29 is 22.7 Å². The van der Waals surface area contributed by atoms with Crippen molar-refractivity contribution in [1.82, 2.24) is 9.21 Å². The molecule has 32 heavy (non-hydrogen) atoms. The molecule has 1 aliphatic rings. The summed E-state index contributed by atoms with van der Waals surface area (Å²) >= 11 is 0. The Kier molecular flexibility index (Phi) is 7.20. The fraction of sp³-hybridized carbons (Fsp3) is 0.391. The zero-order valence-electron chi connectivity index (χ0n) is 18.6. The normalized spacial score (nSPS) is 15.3. The standard InChI is InChI=1S/C23H29N3O5S/c1-23(2,3)31-22(28)24-19-11-9-18(10-12-19)17-21(27)25-13-15-26(16-14-25)32(29,30)20-7-5-4-6-8-20/h4-12H,13-17H2,1-3H3,(H,24,28). The van der Waals surface area contributed by atoms with Gasteiger partial charge in [0, 0.05) is 31.9 Å². The van der Waals surface area contributed by atoms with Gasteiger partial charge in [0.25, 0.3) is 0 Å². The molecule has 2 amide bonds. The van der Waals surface area contributed by atoms with E-state index in [9.17, 15) is 18.0 Å². The summed E-state index contributed by atoms with van der Waals surface area (Å²) in [4.78, 5) is 26.5. The first kappa shape index (κ1) is 23.7. The first-order chi connectivity index (χ1) is 15.0. The average Bonchev–Trinajstić information content (AvgIpc) is 2.74. The van der Waals surface area contributed by atoms with Crippen molar-refractivity contribution in [2.45, 2.75) is 37.7 Å². The van der Waals surface area contributed by atoms with Crippen LogP contribution in [0, 0.1) is 0 Å². The minimum absolute atomic E-state index is 0.0605. The molecule has 9 heteroatoms. The van der Waals surface area contributed by atoms with Gasteiger partial charge in [-0.25, -0.2) is 13.2 Å².